The summed E-state index contributed by atoms with van der Waals surface area (Å²) in [4.78, 5) is 13.9. The van der Waals surface area contributed by atoms with E-state index in [1.54, 1.807) is 29.5 Å². The summed E-state index contributed by atoms with van der Waals surface area (Å²) in [5.74, 6) is 1.29. The maximum absolute atomic E-state index is 12.1. The predicted octanol–water partition coefficient (Wildman–Crippen LogP) is 3.94. The number of urea groups is 1. The smallest absolute Gasteiger partial charge is 0.319 e. The van der Waals surface area contributed by atoms with Crippen LogP contribution in [-0.2, 0) is 6.54 Å². The molecule has 1 aliphatic rings. The Morgan fingerprint density at radius 3 is 2.92 bits per heavy atom. The van der Waals surface area contributed by atoms with Crippen molar-refractivity contribution >= 4 is 34.4 Å². The minimum absolute atomic E-state index is 0.197. The van der Waals surface area contributed by atoms with E-state index >= 15 is 0 Å². The summed E-state index contributed by atoms with van der Waals surface area (Å²) in [6.07, 6.45) is -0.623. The van der Waals surface area contributed by atoms with E-state index in [2.05, 4.69) is 10.6 Å². The summed E-state index contributed by atoms with van der Waals surface area (Å²) < 4.78 is 10.5. The first-order valence-corrected chi connectivity index (χ1v) is 9.68. The van der Waals surface area contributed by atoms with Crippen LogP contribution < -0.4 is 20.1 Å². The lowest BCUT2D eigenvalue weighted by atomic mass is 10.2. The maximum atomic E-state index is 12.1. The normalized spacial score (nSPS) is 13.4. The van der Waals surface area contributed by atoms with Gasteiger partial charge in [0.2, 0.25) is 6.79 Å². The number of aliphatic hydroxyl groups excluding tert-OH is 1. The van der Waals surface area contributed by atoms with Crippen LogP contribution in [-0.4, -0.2) is 17.9 Å². The van der Waals surface area contributed by atoms with Gasteiger partial charge in [0.05, 0.1) is 6.54 Å². The Balaban J connectivity index is 1.32. The zero-order valence-corrected chi connectivity index (χ0v) is 15.2. The van der Waals surface area contributed by atoms with Crippen molar-refractivity contribution in [2.24, 2.45) is 0 Å². The van der Waals surface area contributed by atoms with Crippen molar-refractivity contribution in [3.63, 3.8) is 0 Å². The van der Waals surface area contributed by atoms with E-state index < -0.39 is 6.10 Å². The molecule has 2 aromatic heterocycles. The number of carbonyl (C=O) groups excluding carboxylic acids is 1. The minimum Gasteiger partial charge on any atom is -0.454 e. The molecule has 3 aromatic rings. The van der Waals surface area contributed by atoms with Crippen LogP contribution in [0.15, 0.2) is 47.2 Å². The van der Waals surface area contributed by atoms with Crippen molar-refractivity contribution in [3.8, 4) is 11.5 Å². The topological polar surface area (TPSA) is 79.8 Å². The highest BCUT2D eigenvalue weighted by atomic mass is 32.1. The lowest BCUT2D eigenvalue weighted by molar-refractivity contribution is 0.174. The first-order chi connectivity index (χ1) is 12.7. The van der Waals surface area contributed by atoms with Crippen LogP contribution >= 0.6 is 22.7 Å². The van der Waals surface area contributed by atoms with Gasteiger partial charge in [-0.3, -0.25) is 0 Å². The van der Waals surface area contributed by atoms with E-state index in [0.717, 1.165) is 15.3 Å². The fourth-order valence-corrected chi connectivity index (χ4v) is 4.19. The highest BCUT2D eigenvalue weighted by Crippen LogP contribution is 2.34. The molecule has 6 nitrogen and oxygen atoms in total. The number of nitrogens with one attached hydrogen (secondary N) is 2. The quantitative estimate of drug-likeness (QED) is 0.618. The molecule has 1 aliphatic heterocycles. The van der Waals surface area contributed by atoms with Crippen LogP contribution in [0.1, 0.15) is 21.4 Å². The number of anilines is 1. The monoisotopic (exact) mass is 388 g/mol. The third-order valence-corrected chi connectivity index (χ3v) is 5.70. The first kappa shape index (κ1) is 16.9. The average Bonchev–Trinajstić information content (AvgIpc) is 3.40. The van der Waals surface area contributed by atoms with E-state index in [9.17, 15) is 9.90 Å². The third kappa shape index (κ3) is 3.67. The van der Waals surface area contributed by atoms with Crippen molar-refractivity contribution in [3.05, 3.63) is 62.5 Å². The molecule has 0 aliphatic carbocycles. The molecule has 0 unspecified atom stereocenters. The van der Waals surface area contributed by atoms with Gasteiger partial charge in [-0.25, -0.2) is 4.79 Å². The number of amides is 2. The number of carbonyl (C=O) groups is 1. The van der Waals surface area contributed by atoms with Gasteiger partial charge in [-0.05, 0) is 46.7 Å². The number of hydrogen-bond acceptors (Lipinski definition) is 6. The summed E-state index contributed by atoms with van der Waals surface area (Å²) >= 11 is 3.03. The number of benzene rings is 1. The Kier molecular flexibility index (Phi) is 4.79. The van der Waals surface area contributed by atoms with Crippen LogP contribution in [0.4, 0.5) is 10.5 Å². The van der Waals surface area contributed by atoms with Crippen molar-refractivity contribution in [2.75, 3.05) is 12.1 Å². The van der Waals surface area contributed by atoms with Crippen molar-refractivity contribution in [1.82, 2.24) is 5.32 Å². The van der Waals surface area contributed by atoms with E-state index in [-0.39, 0.29) is 12.8 Å². The highest BCUT2D eigenvalue weighted by Gasteiger charge is 2.15. The summed E-state index contributed by atoms with van der Waals surface area (Å²) in [6.45, 7) is 0.584. The van der Waals surface area contributed by atoms with Crippen LogP contribution in [0, 0.1) is 0 Å². The summed E-state index contributed by atoms with van der Waals surface area (Å²) in [6, 6.07) is 10.6. The molecule has 8 heteroatoms. The van der Waals surface area contributed by atoms with Gasteiger partial charge in [0.1, 0.15) is 6.10 Å². The molecule has 0 bridgehead atoms. The molecule has 1 atom stereocenters. The summed E-state index contributed by atoms with van der Waals surface area (Å²) in [5, 5.41) is 19.8. The van der Waals surface area contributed by atoms with Crippen LogP contribution in [0.5, 0.6) is 11.5 Å². The highest BCUT2D eigenvalue weighted by molar-refractivity contribution is 7.12. The Hall–Kier alpha value is -2.55. The fraction of sp³-hybridized carbons (Fsp3) is 0.167. The van der Waals surface area contributed by atoms with E-state index in [0.29, 0.717) is 23.7 Å². The molecule has 0 spiro atoms. The van der Waals surface area contributed by atoms with Gasteiger partial charge in [-0.15, -0.1) is 11.3 Å². The Morgan fingerprint density at radius 2 is 2.08 bits per heavy atom. The van der Waals surface area contributed by atoms with Crippen LogP contribution in [0.2, 0.25) is 0 Å². The summed E-state index contributed by atoms with van der Waals surface area (Å²) in [5.41, 5.74) is 1.52. The molecule has 2 amide bonds. The zero-order valence-electron chi connectivity index (χ0n) is 13.6. The van der Waals surface area contributed by atoms with Gasteiger partial charge in [0, 0.05) is 21.5 Å². The van der Waals surface area contributed by atoms with Crippen molar-refractivity contribution in [2.45, 2.75) is 12.6 Å². The second-order valence-electron chi connectivity index (χ2n) is 5.64. The predicted molar refractivity (Wildman–Crippen MR) is 101 cm³/mol. The molecule has 1 aromatic carbocycles. The molecule has 0 saturated carbocycles. The van der Waals surface area contributed by atoms with E-state index in [1.807, 2.05) is 29.0 Å². The van der Waals surface area contributed by atoms with Gasteiger partial charge in [0.15, 0.2) is 11.5 Å². The van der Waals surface area contributed by atoms with E-state index in [1.165, 1.54) is 11.3 Å². The molecule has 3 N–H and O–H groups in total. The first-order valence-electron chi connectivity index (χ1n) is 7.92. The van der Waals surface area contributed by atoms with Gasteiger partial charge in [0.25, 0.3) is 0 Å². The second kappa shape index (κ2) is 7.36. The molecule has 0 saturated heterocycles. The molecule has 4 rings (SSSR count). The van der Waals surface area contributed by atoms with E-state index in [4.69, 9.17) is 9.47 Å². The largest absolute Gasteiger partial charge is 0.454 e. The maximum Gasteiger partial charge on any atom is 0.319 e. The number of rotatable bonds is 5. The third-order valence-electron chi connectivity index (χ3n) is 3.86. The Labute approximate surface area is 158 Å². The standard InChI is InChI=1S/C18H16N2O4S2/c21-17(11-5-6-25-9-11)16-4-2-13(26-16)8-19-18(22)20-12-1-3-14-15(7-12)24-10-23-14/h1-7,9,17,21H,8,10H2,(H2,19,20,22)/t17-/m0/s1. The van der Waals surface area contributed by atoms with Crippen LogP contribution in [0.3, 0.4) is 0 Å². The van der Waals surface area contributed by atoms with Crippen LogP contribution in [0.25, 0.3) is 0 Å². The zero-order chi connectivity index (χ0) is 17.9. The summed E-state index contributed by atoms with van der Waals surface area (Å²) in [7, 11) is 0. The van der Waals surface area contributed by atoms with Crippen molar-refractivity contribution in [1.29, 1.82) is 0 Å². The molecule has 0 radical (unpaired) electrons. The van der Waals surface area contributed by atoms with Gasteiger partial charge in [-0.1, -0.05) is 0 Å². The SMILES string of the molecule is O=C(NCc1ccc([C@@H](O)c2ccsc2)s1)Nc1ccc2c(c1)OCO2. The van der Waals surface area contributed by atoms with Gasteiger partial charge < -0.3 is 25.2 Å². The lowest BCUT2D eigenvalue weighted by Gasteiger charge is -2.08. The number of hydrogen-bond donors (Lipinski definition) is 3. The average molecular weight is 388 g/mol. The van der Waals surface area contributed by atoms with Gasteiger partial charge in [-0.2, -0.15) is 11.3 Å². The molecule has 26 heavy (non-hydrogen) atoms. The Bertz CT molecular complexity index is 908. The molecule has 3 heterocycles. The second-order valence-corrected chi connectivity index (χ2v) is 7.62. The fourth-order valence-electron chi connectivity index (χ4n) is 2.55. The molecular formula is C18H16N2O4S2. The molecule has 0 fully saturated rings. The number of fused-ring (bicyclic) bond motifs is 1. The van der Waals surface area contributed by atoms with Gasteiger partial charge >= 0.3 is 6.03 Å². The number of ether oxygens (including phenoxy) is 2. The number of thiophene rings is 2. The molecule has 134 valence electrons. The lowest BCUT2D eigenvalue weighted by Crippen LogP contribution is -2.27. The molecular weight excluding hydrogens is 372 g/mol. The number of aliphatic hydroxyl groups is 1. The van der Waals surface area contributed by atoms with Crippen molar-refractivity contribution < 1.29 is 19.4 Å². The Morgan fingerprint density at radius 1 is 1.19 bits per heavy atom. The minimum atomic E-state index is -0.623.